The molecule has 0 aliphatic carbocycles. The van der Waals surface area contributed by atoms with E-state index in [-0.39, 0.29) is 11.5 Å². The van der Waals surface area contributed by atoms with Crippen molar-refractivity contribution in [2.45, 2.75) is 32.2 Å². The smallest absolute Gasteiger partial charge is 0.322 e. The molecule has 6 nitrogen and oxygen atoms in total. The third kappa shape index (κ3) is 3.53. The number of hydrogen-bond donors (Lipinski definition) is 1. The van der Waals surface area contributed by atoms with Crippen molar-refractivity contribution >= 4 is 5.97 Å². The average molecular weight is 317 g/mol. The minimum absolute atomic E-state index is 0.0600. The Balaban J connectivity index is 2.27. The highest BCUT2D eigenvalue weighted by Crippen LogP contribution is 2.15. The summed E-state index contributed by atoms with van der Waals surface area (Å²) in [5.74, 6) is -0.166. The highest BCUT2D eigenvalue weighted by atomic mass is 16.5. The Morgan fingerprint density at radius 2 is 1.87 bits per heavy atom. The second-order valence-corrected chi connectivity index (χ2v) is 5.90. The van der Waals surface area contributed by atoms with E-state index in [9.17, 15) is 9.59 Å². The first-order valence-electron chi connectivity index (χ1n) is 7.56. The van der Waals surface area contributed by atoms with Crippen molar-refractivity contribution in [3.8, 4) is 5.69 Å². The first-order chi connectivity index (χ1) is 10.8. The number of carbonyl (C=O) groups is 1. The van der Waals surface area contributed by atoms with Crippen molar-refractivity contribution in [1.82, 2.24) is 9.36 Å². The van der Waals surface area contributed by atoms with Gasteiger partial charge in [-0.15, -0.1) is 0 Å². The van der Waals surface area contributed by atoms with Crippen molar-refractivity contribution < 1.29 is 9.53 Å². The van der Waals surface area contributed by atoms with Crippen LogP contribution in [0.3, 0.4) is 0 Å². The van der Waals surface area contributed by atoms with Gasteiger partial charge in [-0.2, -0.15) is 0 Å². The van der Waals surface area contributed by atoms with Crippen LogP contribution in [0.4, 0.5) is 0 Å². The molecule has 0 aliphatic rings. The van der Waals surface area contributed by atoms with E-state index in [4.69, 9.17) is 5.73 Å². The second kappa shape index (κ2) is 6.83. The summed E-state index contributed by atoms with van der Waals surface area (Å²) in [4.78, 5) is 23.6. The minimum Gasteiger partial charge on any atom is -0.468 e. The zero-order valence-electron chi connectivity index (χ0n) is 13.9. The molecular formula is C17H23N3O3. The fraction of sp³-hybridized carbons (Fsp3) is 0.412. The summed E-state index contributed by atoms with van der Waals surface area (Å²) in [5, 5.41) is 0. The van der Waals surface area contributed by atoms with Gasteiger partial charge in [-0.3, -0.25) is 14.3 Å². The zero-order valence-corrected chi connectivity index (χ0v) is 13.9. The van der Waals surface area contributed by atoms with Gasteiger partial charge in [0.25, 0.3) is 5.56 Å². The topological polar surface area (TPSA) is 79.2 Å². The SMILES string of the molecule is COC(=O)[C@@H](N)Cc1ccc(-n2c(=O)cc(C(C)C)n2C)cc1. The van der Waals surface area contributed by atoms with Crippen LogP contribution >= 0.6 is 0 Å². The van der Waals surface area contributed by atoms with E-state index in [2.05, 4.69) is 18.6 Å². The summed E-state index contributed by atoms with van der Waals surface area (Å²) < 4.78 is 8.11. The molecule has 0 spiro atoms. The number of esters is 1. The molecule has 0 radical (unpaired) electrons. The van der Waals surface area contributed by atoms with Gasteiger partial charge >= 0.3 is 5.97 Å². The van der Waals surface area contributed by atoms with E-state index in [0.717, 1.165) is 16.9 Å². The molecule has 1 heterocycles. The summed E-state index contributed by atoms with van der Waals surface area (Å²) in [7, 11) is 3.19. The minimum atomic E-state index is -0.684. The number of hydrogen-bond acceptors (Lipinski definition) is 4. The van der Waals surface area contributed by atoms with Crippen molar-refractivity contribution in [2.75, 3.05) is 7.11 Å². The Morgan fingerprint density at radius 1 is 1.26 bits per heavy atom. The lowest BCUT2D eigenvalue weighted by molar-refractivity contribution is -0.142. The molecule has 23 heavy (non-hydrogen) atoms. The van der Waals surface area contributed by atoms with Gasteiger partial charge in [-0.05, 0) is 30.0 Å². The summed E-state index contributed by atoms with van der Waals surface area (Å²) in [6.07, 6.45) is 0.395. The van der Waals surface area contributed by atoms with E-state index in [1.165, 1.54) is 7.11 Å². The molecule has 6 heteroatoms. The maximum atomic E-state index is 12.2. The number of ether oxygens (including phenoxy) is 1. The number of nitrogens with two attached hydrogens (primary N) is 1. The van der Waals surface area contributed by atoms with Gasteiger partial charge in [0.15, 0.2) is 0 Å². The molecule has 0 fully saturated rings. The Kier molecular flexibility index (Phi) is 5.05. The monoisotopic (exact) mass is 317 g/mol. The maximum Gasteiger partial charge on any atom is 0.322 e. The summed E-state index contributed by atoms with van der Waals surface area (Å²) in [6, 6.07) is 8.41. The van der Waals surface area contributed by atoms with Gasteiger partial charge in [0.2, 0.25) is 0 Å². The standard InChI is InChI=1S/C17H23N3O3/c1-11(2)15-10-16(21)20(19(15)3)13-7-5-12(6-8-13)9-14(18)17(22)23-4/h5-8,10-11,14H,9,18H2,1-4H3/t14-/m0/s1. The molecule has 0 bridgehead atoms. The van der Waals surface area contributed by atoms with Crippen LogP contribution in [-0.4, -0.2) is 28.5 Å². The highest BCUT2D eigenvalue weighted by molar-refractivity contribution is 5.75. The lowest BCUT2D eigenvalue weighted by Crippen LogP contribution is -2.33. The normalized spacial score (nSPS) is 12.4. The number of nitrogens with zero attached hydrogens (tertiary/aromatic N) is 2. The van der Waals surface area contributed by atoms with Crippen LogP contribution in [0.15, 0.2) is 35.1 Å². The van der Waals surface area contributed by atoms with Gasteiger partial charge in [-0.25, -0.2) is 4.68 Å². The Hall–Kier alpha value is -2.34. The van der Waals surface area contributed by atoms with E-state index < -0.39 is 12.0 Å². The Labute approximate surface area is 135 Å². The van der Waals surface area contributed by atoms with Crippen LogP contribution in [0.2, 0.25) is 0 Å². The van der Waals surface area contributed by atoms with Crippen molar-refractivity contribution in [2.24, 2.45) is 12.8 Å². The van der Waals surface area contributed by atoms with Crippen LogP contribution in [0.1, 0.15) is 31.0 Å². The van der Waals surface area contributed by atoms with Crippen LogP contribution < -0.4 is 11.3 Å². The van der Waals surface area contributed by atoms with Gasteiger partial charge in [-0.1, -0.05) is 26.0 Å². The molecule has 2 N–H and O–H groups in total. The fourth-order valence-electron chi connectivity index (χ4n) is 2.65. The molecule has 0 aliphatic heterocycles. The lowest BCUT2D eigenvalue weighted by atomic mass is 10.1. The average Bonchev–Trinajstić information content (AvgIpc) is 2.82. The predicted octanol–water partition coefficient (Wildman–Crippen LogP) is 1.34. The molecule has 0 amide bonds. The lowest BCUT2D eigenvalue weighted by Gasteiger charge is -2.13. The highest BCUT2D eigenvalue weighted by Gasteiger charge is 2.15. The fourth-order valence-corrected chi connectivity index (χ4v) is 2.65. The Bertz CT molecular complexity index is 741. The molecule has 2 rings (SSSR count). The summed E-state index contributed by atoms with van der Waals surface area (Å²) >= 11 is 0. The molecule has 0 unspecified atom stereocenters. The van der Waals surface area contributed by atoms with Crippen LogP contribution in [-0.2, 0) is 23.0 Å². The van der Waals surface area contributed by atoms with Crippen LogP contribution in [0.5, 0.6) is 0 Å². The number of methoxy groups -OCH3 is 1. The predicted molar refractivity (Wildman–Crippen MR) is 88.8 cm³/mol. The van der Waals surface area contributed by atoms with E-state index in [0.29, 0.717) is 6.42 Å². The van der Waals surface area contributed by atoms with Crippen molar-refractivity contribution in [1.29, 1.82) is 0 Å². The number of rotatable bonds is 5. The van der Waals surface area contributed by atoms with Gasteiger partial charge in [0.05, 0.1) is 12.8 Å². The number of aromatic nitrogens is 2. The van der Waals surface area contributed by atoms with E-state index in [1.54, 1.807) is 10.7 Å². The van der Waals surface area contributed by atoms with Crippen molar-refractivity contribution in [3.63, 3.8) is 0 Å². The Morgan fingerprint density at radius 3 is 2.35 bits per heavy atom. The number of carbonyl (C=O) groups excluding carboxylic acids is 1. The third-order valence-electron chi connectivity index (χ3n) is 3.89. The van der Waals surface area contributed by atoms with E-state index in [1.807, 2.05) is 36.0 Å². The first kappa shape index (κ1) is 17.0. The zero-order chi connectivity index (χ0) is 17.1. The first-order valence-corrected chi connectivity index (χ1v) is 7.56. The van der Waals surface area contributed by atoms with Crippen LogP contribution in [0.25, 0.3) is 5.69 Å². The molecule has 0 saturated heterocycles. The van der Waals surface area contributed by atoms with E-state index >= 15 is 0 Å². The molecule has 1 aromatic heterocycles. The summed E-state index contributed by atoms with van der Waals surface area (Å²) in [5.41, 5.74) is 8.37. The number of benzene rings is 1. The van der Waals surface area contributed by atoms with Crippen molar-refractivity contribution in [3.05, 3.63) is 51.9 Å². The quantitative estimate of drug-likeness (QED) is 0.844. The molecule has 1 aromatic carbocycles. The molecular weight excluding hydrogens is 294 g/mol. The largest absolute Gasteiger partial charge is 0.468 e. The summed E-state index contributed by atoms with van der Waals surface area (Å²) in [6.45, 7) is 4.10. The van der Waals surface area contributed by atoms with Gasteiger partial charge in [0.1, 0.15) is 6.04 Å². The molecule has 0 saturated carbocycles. The van der Waals surface area contributed by atoms with Gasteiger partial charge < -0.3 is 10.5 Å². The van der Waals surface area contributed by atoms with Gasteiger partial charge in [0, 0.05) is 18.8 Å². The third-order valence-corrected chi connectivity index (χ3v) is 3.89. The van der Waals surface area contributed by atoms with Crippen LogP contribution in [0, 0.1) is 0 Å². The molecule has 124 valence electrons. The second-order valence-electron chi connectivity index (χ2n) is 5.90. The maximum absolute atomic E-state index is 12.2. The molecule has 2 aromatic rings. The molecule has 1 atom stereocenters.